The topological polar surface area (TPSA) is 33.1 Å². The average molecular weight is 161 g/mol. The standard InChI is InChI=1S/C6H8FNOS/c1-4-6(5(9)2-7)10-3-8-4/h3,5,9H,2H2,1H3. The van der Waals surface area contributed by atoms with Crippen molar-refractivity contribution in [3.8, 4) is 0 Å². The summed E-state index contributed by atoms with van der Waals surface area (Å²) in [7, 11) is 0. The second-order valence-electron chi connectivity index (χ2n) is 1.97. The van der Waals surface area contributed by atoms with Crippen LogP contribution in [-0.2, 0) is 0 Å². The highest BCUT2D eigenvalue weighted by Crippen LogP contribution is 2.21. The lowest BCUT2D eigenvalue weighted by Gasteiger charge is -2.01. The number of halogens is 1. The summed E-state index contributed by atoms with van der Waals surface area (Å²) in [6, 6.07) is 0. The van der Waals surface area contributed by atoms with Crippen LogP contribution in [0, 0.1) is 6.92 Å². The van der Waals surface area contributed by atoms with Gasteiger partial charge < -0.3 is 5.11 Å². The number of alkyl halides is 1. The molecule has 0 aromatic carbocycles. The molecule has 0 aliphatic heterocycles. The van der Waals surface area contributed by atoms with Crippen molar-refractivity contribution in [3.63, 3.8) is 0 Å². The third-order valence-corrected chi connectivity index (χ3v) is 2.26. The Balaban J connectivity index is 2.82. The van der Waals surface area contributed by atoms with Gasteiger partial charge in [-0.05, 0) is 6.92 Å². The fourth-order valence-corrected chi connectivity index (χ4v) is 1.47. The van der Waals surface area contributed by atoms with E-state index in [1.165, 1.54) is 11.3 Å². The van der Waals surface area contributed by atoms with Gasteiger partial charge in [-0.2, -0.15) is 0 Å². The molecule has 2 nitrogen and oxygen atoms in total. The van der Waals surface area contributed by atoms with Crippen molar-refractivity contribution in [2.75, 3.05) is 6.67 Å². The first kappa shape index (κ1) is 7.63. The zero-order valence-corrected chi connectivity index (χ0v) is 6.36. The minimum atomic E-state index is -0.979. The molecule has 1 unspecified atom stereocenters. The van der Waals surface area contributed by atoms with E-state index in [0.29, 0.717) is 4.88 Å². The second-order valence-corrected chi connectivity index (χ2v) is 2.86. The molecule has 1 heterocycles. The lowest BCUT2D eigenvalue weighted by atomic mass is 10.3. The van der Waals surface area contributed by atoms with Crippen LogP contribution < -0.4 is 0 Å². The molecule has 1 rings (SSSR count). The number of aryl methyl sites for hydroxylation is 1. The largest absolute Gasteiger partial charge is 0.385 e. The van der Waals surface area contributed by atoms with Crippen LogP contribution in [0.1, 0.15) is 16.7 Å². The van der Waals surface area contributed by atoms with Crippen LogP contribution in [-0.4, -0.2) is 16.8 Å². The fourth-order valence-electron chi connectivity index (χ4n) is 0.701. The Kier molecular flexibility index (Phi) is 2.34. The summed E-state index contributed by atoms with van der Waals surface area (Å²) in [5, 5.41) is 8.99. The molecule has 0 aliphatic rings. The highest BCUT2D eigenvalue weighted by molar-refractivity contribution is 7.09. The van der Waals surface area contributed by atoms with Crippen molar-refractivity contribution in [3.05, 3.63) is 16.1 Å². The molecule has 1 atom stereocenters. The lowest BCUT2D eigenvalue weighted by molar-refractivity contribution is 0.144. The van der Waals surface area contributed by atoms with E-state index in [-0.39, 0.29) is 0 Å². The number of aliphatic hydroxyl groups excluding tert-OH is 1. The van der Waals surface area contributed by atoms with E-state index in [4.69, 9.17) is 5.11 Å². The maximum atomic E-state index is 11.9. The van der Waals surface area contributed by atoms with Gasteiger partial charge in [0.15, 0.2) is 0 Å². The Labute approximate surface area is 62.3 Å². The Morgan fingerprint density at radius 1 is 1.90 bits per heavy atom. The molecule has 0 bridgehead atoms. The van der Waals surface area contributed by atoms with Crippen LogP contribution in [0.25, 0.3) is 0 Å². The third kappa shape index (κ3) is 1.33. The molecular formula is C6H8FNOS. The molecule has 0 aliphatic carbocycles. The van der Waals surface area contributed by atoms with Crippen LogP contribution in [0.15, 0.2) is 5.51 Å². The molecule has 0 fully saturated rings. The van der Waals surface area contributed by atoms with Gasteiger partial charge in [0.2, 0.25) is 0 Å². The fraction of sp³-hybridized carbons (Fsp3) is 0.500. The molecule has 0 saturated heterocycles. The Morgan fingerprint density at radius 3 is 3.00 bits per heavy atom. The van der Waals surface area contributed by atoms with Crippen molar-refractivity contribution in [1.29, 1.82) is 0 Å². The number of thiazole rings is 1. The zero-order valence-electron chi connectivity index (χ0n) is 5.54. The molecule has 1 N–H and O–H groups in total. The number of nitrogens with zero attached hydrogens (tertiary/aromatic N) is 1. The van der Waals surface area contributed by atoms with E-state index in [9.17, 15) is 4.39 Å². The summed E-state index contributed by atoms with van der Waals surface area (Å²) in [5.41, 5.74) is 2.32. The van der Waals surface area contributed by atoms with E-state index in [1.54, 1.807) is 12.4 Å². The molecule has 0 spiro atoms. The minimum absolute atomic E-state index is 0.627. The normalized spacial score (nSPS) is 13.5. The number of aliphatic hydroxyl groups is 1. The van der Waals surface area contributed by atoms with Gasteiger partial charge in [0.1, 0.15) is 12.8 Å². The molecule has 56 valence electrons. The Bertz CT molecular complexity index is 213. The van der Waals surface area contributed by atoms with Gasteiger partial charge in [-0.1, -0.05) is 0 Å². The monoisotopic (exact) mass is 161 g/mol. The number of rotatable bonds is 2. The minimum Gasteiger partial charge on any atom is -0.385 e. The van der Waals surface area contributed by atoms with Crippen molar-refractivity contribution in [2.24, 2.45) is 0 Å². The summed E-state index contributed by atoms with van der Waals surface area (Å²) >= 11 is 1.28. The van der Waals surface area contributed by atoms with Gasteiger partial charge in [0.25, 0.3) is 0 Å². The number of hydrogen-bond acceptors (Lipinski definition) is 3. The SMILES string of the molecule is Cc1ncsc1C(O)CF. The Morgan fingerprint density at radius 2 is 2.60 bits per heavy atom. The summed E-state index contributed by atoms with van der Waals surface area (Å²) in [4.78, 5) is 4.50. The van der Waals surface area contributed by atoms with Crippen LogP contribution in [0.2, 0.25) is 0 Å². The first-order valence-corrected chi connectivity index (χ1v) is 3.77. The van der Waals surface area contributed by atoms with E-state index >= 15 is 0 Å². The van der Waals surface area contributed by atoms with Crippen LogP contribution in [0.4, 0.5) is 4.39 Å². The van der Waals surface area contributed by atoms with Crippen molar-refractivity contribution in [2.45, 2.75) is 13.0 Å². The van der Waals surface area contributed by atoms with E-state index in [1.807, 2.05) is 0 Å². The third-order valence-electron chi connectivity index (χ3n) is 1.23. The van der Waals surface area contributed by atoms with E-state index in [2.05, 4.69) is 4.98 Å². The van der Waals surface area contributed by atoms with Gasteiger partial charge in [0.05, 0.1) is 16.1 Å². The summed E-state index contributed by atoms with van der Waals surface area (Å²) < 4.78 is 11.9. The van der Waals surface area contributed by atoms with Gasteiger partial charge >= 0.3 is 0 Å². The highest BCUT2D eigenvalue weighted by Gasteiger charge is 2.11. The van der Waals surface area contributed by atoms with Crippen molar-refractivity contribution < 1.29 is 9.50 Å². The van der Waals surface area contributed by atoms with Crippen LogP contribution >= 0.6 is 11.3 Å². The molecule has 10 heavy (non-hydrogen) atoms. The molecule has 1 aromatic heterocycles. The molecule has 0 amide bonds. The molecular weight excluding hydrogens is 153 g/mol. The highest BCUT2D eigenvalue weighted by atomic mass is 32.1. The quantitative estimate of drug-likeness (QED) is 0.712. The summed E-state index contributed by atoms with van der Waals surface area (Å²) in [5.74, 6) is 0. The first-order chi connectivity index (χ1) is 4.75. The number of hydrogen-bond donors (Lipinski definition) is 1. The van der Waals surface area contributed by atoms with Crippen LogP contribution in [0.3, 0.4) is 0 Å². The van der Waals surface area contributed by atoms with Gasteiger partial charge in [-0.25, -0.2) is 9.37 Å². The molecule has 1 aromatic rings. The van der Waals surface area contributed by atoms with Crippen molar-refractivity contribution in [1.82, 2.24) is 4.98 Å². The first-order valence-electron chi connectivity index (χ1n) is 2.89. The average Bonchev–Trinajstić information content (AvgIpc) is 2.34. The molecule has 0 radical (unpaired) electrons. The van der Waals surface area contributed by atoms with E-state index < -0.39 is 12.8 Å². The maximum absolute atomic E-state index is 11.9. The van der Waals surface area contributed by atoms with Gasteiger partial charge in [0, 0.05) is 0 Å². The van der Waals surface area contributed by atoms with Gasteiger partial charge in [-0.15, -0.1) is 11.3 Å². The smallest absolute Gasteiger partial charge is 0.120 e. The predicted octanol–water partition coefficient (Wildman–Crippen LogP) is 1.45. The Hall–Kier alpha value is -0.480. The lowest BCUT2D eigenvalue weighted by Crippen LogP contribution is -1.97. The summed E-state index contributed by atoms with van der Waals surface area (Å²) in [6.07, 6.45) is -0.979. The molecule has 4 heteroatoms. The number of aromatic nitrogens is 1. The van der Waals surface area contributed by atoms with Crippen LogP contribution in [0.5, 0.6) is 0 Å². The predicted molar refractivity (Wildman–Crippen MR) is 37.8 cm³/mol. The van der Waals surface area contributed by atoms with Gasteiger partial charge in [-0.3, -0.25) is 0 Å². The zero-order chi connectivity index (χ0) is 7.56. The van der Waals surface area contributed by atoms with E-state index in [0.717, 1.165) is 5.69 Å². The van der Waals surface area contributed by atoms with Crippen molar-refractivity contribution >= 4 is 11.3 Å². The molecule has 0 saturated carbocycles. The summed E-state index contributed by atoms with van der Waals surface area (Å²) in [6.45, 7) is 1.02. The maximum Gasteiger partial charge on any atom is 0.120 e. The second kappa shape index (κ2) is 3.07.